The number of imidazole rings is 1. The molecule has 2 aromatic carbocycles. The molecular formula is C29H20ClF3N8O. The van der Waals surface area contributed by atoms with E-state index >= 15 is 0 Å². The van der Waals surface area contributed by atoms with Crippen molar-refractivity contribution in [2.24, 2.45) is 5.92 Å². The monoisotopic (exact) mass is 588 g/mol. The molecule has 1 fully saturated rings. The SMILES string of the molecule is Cc1[nH]nc2cc(-c3ncc(C4C5CC5c5cc(-c6cc(Cl)ccc6-n6cc(C(F)(F)F)nn6)cc(=O)n54)[nH]3)ccc12. The van der Waals surface area contributed by atoms with Crippen LogP contribution in [0, 0.1) is 12.8 Å². The summed E-state index contributed by atoms with van der Waals surface area (Å²) in [5.74, 6) is 1.11. The van der Waals surface area contributed by atoms with E-state index in [-0.39, 0.29) is 23.4 Å². The van der Waals surface area contributed by atoms with E-state index in [4.69, 9.17) is 11.6 Å². The van der Waals surface area contributed by atoms with Gasteiger partial charge < -0.3 is 9.55 Å². The van der Waals surface area contributed by atoms with Gasteiger partial charge in [0.15, 0.2) is 5.69 Å². The topological polar surface area (TPSA) is 110 Å². The quantitative estimate of drug-likeness (QED) is 0.261. The number of aromatic amines is 2. The molecule has 3 atom stereocenters. The Morgan fingerprint density at radius 1 is 1.07 bits per heavy atom. The van der Waals surface area contributed by atoms with Gasteiger partial charge in [0, 0.05) is 44.9 Å². The Morgan fingerprint density at radius 3 is 2.74 bits per heavy atom. The molecule has 13 heteroatoms. The average Bonchev–Trinajstić information content (AvgIpc) is 3.37. The summed E-state index contributed by atoms with van der Waals surface area (Å²) in [6.07, 6.45) is -1.12. The highest BCUT2D eigenvalue weighted by Crippen LogP contribution is 2.60. The lowest BCUT2D eigenvalue weighted by Crippen LogP contribution is -2.26. The minimum Gasteiger partial charge on any atom is -0.340 e. The highest BCUT2D eigenvalue weighted by atomic mass is 35.5. The van der Waals surface area contributed by atoms with E-state index in [9.17, 15) is 18.0 Å². The number of rotatable bonds is 4. The highest BCUT2D eigenvalue weighted by molar-refractivity contribution is 6.31. The summed E-state index contributed by atoms with van der Waals surface area (Å²) in [6, 6.07) is 13.9. The number of nitrogens with zero attached hydrogens (tertiary/aromatic N) is 6. The third kappa shape index (κ3) is 3.82. The molecule has 0 amide bonds. The third-order valence-corrected chi connectivity index (χ3v) is 8.47. The van der Waals surface area contributed by atoms with Crippen LogP contribution in [0.5, 0.6) is 0 Å². The molecule has 42 heavy (non-hydrogen) atoms. The van der Waals surface area contributed by atoms with Crippen molar-refractivity contribution in [3.8, 4) is 28.2 Å². The van der Waals surface area contributed by atoms with Gasteiger partial charge in [-0.15, -0.1) is 5.10 Å². The first-order valence-corrected chi connectivity index (χ1v) is 13.6. The van der Waals surface area contributed by atoms with Gasteiger partial charge in [0.2, 0.25) is 0 Å². The van der Waals surface area contributed by atoms with Crippen LogP contribution in [-0.2, 0) is 6.18 Å². The Balaban J connectivity index is 1.18. The number of pyridine rings is 1. The van der Waals surface area contributed by atoms with E-state index in [1.807, 2.05) is 31.2 Å². The fourth-order valence-corrected chi connectivity index (χ4v) is 6.35. The molecule has 0 radical (unpaired) electrons. The van der Waals surface area contributed by atoms with E-state index in [2.05, 4.69) is 30.5 Å². The van der Waals surface area contributed by atoms with Crippen LogP contribution in [0.15, 0.2) is 65.7 Å². The zero-order valence-electron chi connectivity index (χ0n) is 21.8. The first kappa shape index (κ1) is 25.0. The summed E-state index contributed by atoms with van der Waals surface area (Å²) in [7, 11) is 0. The predicted molar refractivity (Wildman–Crippen MR) is 148 cm³/mol. The predicted octanol–water partition coefficient (Wildman–Crippen LogP) is 6.05. The van der Waals surface area contributed by atoms with Crippen molar-refractivity contribution < 1.29 is 13.2 Å². The van der Waals surface area contributed by atoms with Crippen LogP contribution >= 0.6 is 11.6 Å². The molecule has 3 unspecified atom stereocenters. The summed E-state index contributed by atoms with van der Waals surface area (Å²) in [6.45, 7) is 1.97. The number of H-pyrrole nitrogens is 2. The minimum atomic E-state index is -4.63. The maximum Gasteiger partial charge on any atom is 0.436 e. The second kappa shape index (κ2) is 8.65. The van der Waals surface area contributed by atoms with E-state index in [1.54, 1.807) is 29.0 Å². The van der Waals surface area contributed by atoms with E-state index in [0.29, 0.717) is 27.7 Å². The van der Waals surface area contributed by atoms with Crippen molar-refractivity contribution in [1.82, 2.24) is 39.7 Å². The second-order valence-corrected chi connectivity index (χ2v) is 11.2. The van der Waals surface area contributed by atoms with Gasteiger partial charge in [-0.3, -0.25) is 9.89 Å². The molecule has 210 valence electrons. The van der Waals surface area contributed by atoms with Gasteiger partial charge in [0.1, 0.15) is 5.82 Å². The second-order valence-electron chi connectivity index (χ2n) is 10.8. The van der Waals surface area contributed by atoms with E-state index in [1.165, 1.54) is 6.07 Å². The van der Waals surface area contributed by atoms with Crippen molar-refractivity contribution in [1.29, 1.82) is 0 Å². The lowest BCUT2D eigenvalue weighted by molar-refractivity contribution is -0.141. The van der Waals surface area contributed by atoms with Gasteiger partial charge in [-0.25, -0.2) is 9.67 Å². The van der Waals surface area contributed by atoms with Gasteiger partial charge in [-0.1, -0.05) is 28.9 Å². The number of halogens is 4. The smallest absolute Gasteiger partial charge is 0.340 e. The Hall–Kier alpha value is -4.71. The fraction of sp³-hybridized carbons (Fsp3) is 0.207. The molecule has 0 saturated heterocycles. The standard InChI is InChI=1S/C29H20ClF3N8O/c1-13-17-4-2-14(6-21(17)37-36-13)28-34-11-22(35-28)27-20-10-19(20)24-7-15(8-26(42)41(24)27)18-9-16(30)3-5-23(18)40-12-25(38-39-40)29(31,32)33/h2-9,11-12,19-20,27H,10H2,1H3,(H,34,35)(H,36,37). The van der Waals surface area contributed by atoms with E-state index in [0.717, 1.165) is 50.8 Å². The van der Waals surface area contributed by atoms with E-state index < -0.39 is 11.9 Å². The van der Waals surface area contributed by atoms with Crippen LogP contribution in [0.1, 0.15) is 41.2 Å². The maximum absolute atomic E-state index is 13.6. The largest absolute Gasteiger partial charge is 0.436 e. The fourth-order valence-electron chi connectivity index (χ4n) is 6.18. The lowest BCUT2D eigenvalue weighted by Gasteiger charge is -2.18. The Bertz CT molecular complexity index is 2110. The molecule has 8 rings (SSSR count). The van der Waals surface area contributed by atoms with Gasteiger partial charge in [-0.05, 0) is 55.2 Å². The molecule has 1 aliphatic carbocycles. The number of aromatic nitrogens is 8. The molecular weight excluding hydrogens is 569 g/mol. The number of aryl methyl sites for hydroxylation is 1. The summed E-state index contributed by atoms with van der Waals surface area (Å²) in [5.41, 5.74) is 4.48. The first-order valence-electron chi connectivity index (χ1n) is 13.2. The number of hydrogen-bond acceptors (Lipinski definition) is 5. The number of hydrogen-bond donors (Lipinski definition) is 2. The maximum atomic E-state index is 13.6. The molecule has 6 aromatic rings. The minimum absolute atomic E-state index is 0.184. The molecule has 2 N–H and O–H groups in total. The van der Waals surface area contributed by atoms with Crippen LogP contribution < -0.4 is 5.56 Å². The highest BCUT2D eigenvalue weighted by Gasteiger charge is 2.54. The van der Waals surface area contributed by atoms with Crippen molar-refractivity contribution in [2.45, 2.75) is 31.5 Å². The van der Waals surface area contributed by atoms with Crippen molar-refractivity contribution in [3.05, 3.63) is 99.1 Å². The van der Waals surface area contributed by atoms with Crippen molar-refractivity contribution in [3.63, 3.8) is 0 Å². The number of nitrogens with one attached hydrogen (secondary N) is 2. The molecule has 0 bridgehead atoms. The van der Waals surface area contributed by atoms with Crippen LogP contribution in [0.4, 0.5) is 13.2 Å². The van der Waals surface area contributed by atoms with Gasteiger partial charge in [-0.2, -0.15) is 18.3 Å². The van der Waals surface area contributed by atoms with Crippen molar-refractivity contribution in [2.75, 3.05) is 0 Å². The lowest BCUT2D eigenvalue weighted by atomic mass is 10.0. The molecule has 5 heterocycles. The zero-order valence-corrected chi connectivity index (χ0v) is 22.6. The van der Waals surface area contributed by atoms with Crippen LogP contribution in [0.2, 0.25) is 5.02 Å². The molecule has 2 aliphatic rings. The normalized spacial score (nSPS) is 19.3. The Kier molecular flexibility index (Phi) is 5.16. The van der Waals surface area contributed by atoms with Crippen LogP contribution in [-0.4, -0.2) is 39.7 Å². The van der Waals surface area contributed by atoms with Crippen LogP contribution in [0.3, 0.4) is 0 Å². The van der Waals surface area contributed by atoms with Gasteiger partial charge in [0.25, 0.3) is 5.56 Å². The van der Waals surface area contributed by atoms with Crippen molar-refractivity contribution >= 4 is 22.5 Å². The van der Waals surface area contributed by atoms with Gasteiger partial charge >= 0.3 is 6.18 Å². The first-order chi connectivity index (χ1) is 20.2. The summed E-state index contributed by atoms with van der Waals surface area (Å²) in [5, 5.41) is 15.7. The molecule has 4 aromatic heterocycles. The Morgan fingerprint density at radius 2 is 1.93 bits per heavy atom. The molecule has 1 aliphatic heterocycles. The summed E-state index contributed by atoms with van der Waals surface area (Å²) >= 11 is 6.29. The van der Waals surface area contributed by atoms with Crippen LogP contribution in [0.25, 0.3) is 39.1 Å². The average molecular weight is 589 g/mol. The molecule has 9 nitrogen and oxygen atoms in total. The van der Waals surface area contributed by atoms with Gasteiger partial charge in [0.05, 0.1) is 35.3 Å². The third-order valence-electron chi connectivity index (χ3n) is 8.23. The summed E-state index contributed by atoms with van der Waals surface area (Å²) < 4.78 is 42.4. The summed E-state index contributed by atoms with van der Waals surface area (Å²) in [4.78, 5) is 21.7. The molecule has 1 saturated carbocycles. The Labute approximate surface area is 240 Å². The number of alkyl halides is 3. The number of fused-ring (bicyclic) bond motifs is 4. The molecule has 0 spiro atoms. The zero-order chi connectivity index (χ0) is 28.9. The number of benzene rings is 2.